The first-order chi connectivity index (χ1) is 8.66. The predicted molar refractivity (Wildman–Crippen MR) is 68.4 cm³/mol. The molecule has 0 amide bonds. The molecular weight excluding hydrogens is 232 g/mol. The monoisotopic (exact) mass is 250 g/mol. The molecule has 1 aliphatic heterocycles. The van der Waals surface area contributed by atoms with E-state index in [9.17, 15) is 10.1 Å². The van der Waals surface area contributed by atoms with Gasteiger partial charge in [-0.2, -0.15) is 0 Å². The third kappa shape index (κ3) is 3.27. The number of nitrogens with one attached hydrogen (secondary N) is 1. The number of ether oxygens (including phenoxy) is 1. The van der Waals surface area contributed by atoms with Crippen LogP contribution in [0.3, 0.4) is 0 Å². The Bertz CT molecular complexity index is 399. The van der Waals surface area contributed by atoms with Crippen LogP contribution in [-0.2, 0) is 11.3 Å². The second-order valence-corrected chi connectivity index (χ2v) is 4.64. The molecule has 98 valence electrons. The highest BCUT2D eigenvalue weighted by Gasteiger charge is 2.21. The number of nitro benzene ring substituents is 1. The Morgan fingerprint density at radius 3 is 2.78 bits per heavy atom. The van der Waals surface area contributed by atoms with E-state index in [1.54, 1.807) is 12.1 Å². The van der Waals surface area contributed by atoms with Crippen LogP contribution >= 0.6 is 0 Å². The third-order valence-electron chi connectivity index (χ3n) is 3.30. The quantitative estimate of drug-likeness (QED) is 0.643. The molecule has 1 heterocycles. The summed E-state index contributed by atoms with van der Waals surface area (Å²) in [5, 5.41) is 13.9. The first kappa shape index (κ1) is 13.0. The Morgan fingerprint density at radius 1 is 1.50 bits per heavy atom. The molecule has 1 fully saturated rings. The summed E-state index contributed by atoms with van der Waals surface area (Å²) in [6, 6.07) is 6.95. The van der Waals surface area contributed by atoms with E-state index in [0.717, 1.165) is 25.0 Å². The van der Waals surface area contributed by atoms with E-state index in [1.165, 1.54) is 12.1 Å². The van der Waals surface area contributed by atoms with Crippen molar-refractivity contribution in [2.45, 2.75) is 38.5 Å². The fourth-order valence-electron chi connectivity index (χ4n) is 2.14. The molecule has 0 radical (unpaired) electrons. The van der Waals surface area contributed by atoms with Crippen molar-refractivity contribution in [2.75, 3.05) is 6.61 Å². The number of nitrogens with zero attached hydrogens (tertiary/aromatic N) is 1. The summed E-state index contributed by atoms with van der Waals surface area (Å²) in [5.74, 6) is 0. The highest BCUT2D eigenvalue weighted by molar-refractivity contribution is 5.32. The molecule has 0 aliphatic carbocycles. The zero-order valence-electron chi connectivity index (χ0n) is 10.5. The van der Waals surface area contributed by atoms with Gasteiger partial charge in [-0.05, 0) is 25.3 Å². The standard InChI is InChI=1S/C13H18N2O3/c1-10(13-3-2-8-18-13)14-9-11-4-6-12(7-5-11)15(16)17/h4-7,10,13-14H,2-3,8-9H2,1H3. The second-order valence-electron chi connectivity index (χ2n) is 4.64. The van der Waals surface area contributed by atoms with Crippen LogP contribution in [0.2, 0.25) is 0 Å². The average molecular weight is 250 g/mol. The second kappa shape index (κ2) is 5.93. The van der Waals surface area contributed by atoms with E-state index in [-0.39, 0.29) is 10.6 Å². The first-order valence-corrected chi connectivity index (χ1v) is 6.25. The van der Waals surface area contributed by atoms with Gasteiger partial charge in [0.15, 0.2) is 0 Å². The molecule has 0 aromatic heterocycles. The molecule has 1 N–H and O–H groups in total. The number of non-ortho nitro benzene ring substituents is 1. The summed E-state index contributed by atoms with van der Waals surface area (Å²) in [7, 11) is 0. The van der Waals surface area contributed by atoms with Crippen molar-refractivity contribution in [3.63, 3.8) is 0 Å². The van der Waals surface area contributed by atoms with Crippen molar-refractivity contribution in [1.29, 1.82) is 0 Å². The van der Waals surface area contributed by atoms with Gasteiger partial charge in [0, 0.05) is 31.3 Å². The van der Waals surface area contributed by atoms with Crippen LogP contribution < -0.4 is 5.32 Å². The summed E-state index contributed by atoms with van der Waals surface area (Å²) < 4.78 is 5.60. The topological polar surface area (TPSA) is 64.4 Å². The lowest BCUT2D eigenvalue weighted by Gasteiger charge is -2.20. The van der Waals surface area contributed by atoms with Crippen LogP contribution in [0.4, 0.5) is 5.69 Å². The first-order valence-electron chi connectivity index (χ1n) is 6.25. The Balaban J connectivity index is 1.84. The minimum atomic E-state index is -0.383. The summed E-state index contributed by atoms with van der Waals surface area (Å²) in [6.07, 6.45) is 2.53. The predicted octanol–water partition coefficient (Wildman–Crippen LogP) is 2.25. The van der Waals surface area contributed by atoms with Gasteiger partial charge in [0.25, 0.3) is 5.69 Å². The van der Waals surface area contributed by atoms with Crippen LogP contribution in [0.1, 0.15) is 25.3 Å². The molecule has 2 atom stereocenters. The van der Waals surface area contributed by atoms with E-state index in [2.05, 4.69) is 12.2 Å². The molecule has 2 unspecified atom stereocenters. The van der Waals surface area contributed by atoms with Gasteiger partial charge in [0.2, 0.25) is 0 Å². The van der Waals surface area contributed by atoms with Gasteiger partial charge in [-0.15, -0.1) is 0 Å². The summed E-state index contributed by atoms with van der Waals surface area (Å²) in [4.78, 5) is 10.1. The largest absolute Gasteiger partial charge is 0.377 e. The van der Waals surface area contributed by atoms with E-state index in [4.69, 9.17) is 4.74 Å². The summed E-state index contributed by atoms with van der Waals surface area (Å²) in [5.41, 5.74) is 1.18. The van der Waals surface area contributed by atoms with Crippen LogP contribution in [0, 0.1) is 10.1 Å². The maximum atomic E-state index is 10.5. The molecule has 5 heteroatoms. The molecule has 0 saturated carbocycles. The van der Waals surface area contributed by atoms with Gasteiger partial charge < -0.3 is 10.1 Å². The van der Waals surface area contributed by atoms with E-state index >= 15 is 0 Å². The molecule has 2 rings (SSSR count). The maximum absolute atomic E-state index is 10.5. The summed E-state index contributed by atoms with van der Waals surface area (Å²) >= 11 is 0. The molecule has 1 saturated heterocycles. The Kier molecular flexibility index (Phi) is 4.28. The van der Waals surface area contributed by atoms with Gasteiger partial charge in [-0.3, -0.25) is 10.1 Å². The zero-order chi connectivity index (χ0) is 13.0. The molecule has 1 aliphatic rings. The molecule has 5 nitrogen and oxygen atoms in total. The van der Waals surface area contributed by atoms with Crippen molar-refractivity contribution >= 4 is 5.69 Å². The van der Waals surface area contributed by atoms with Crippen molar-refractivity contribution in [1.82, 2.24) is 5.32 Å². The average Bonchev–Trinajstić information content (AvgIpc) is 2.90. The number of rotatable bonds is 5. The van der Waals surface area contributed by atoms with Crippen LogP contribution in [0.15, 0.2) is 24.3 Å². The Labute approximate surface area is 106 Å². The normalized spacial score (nSPS) is 20.8. The molecule has 1 aromatic rings. The highest BCUT2D eigenvalue weighted by atomic mass is 16.6. The minimum Gasteiger partial charge on any atom is -0.377 e. The number of hydrogen-bond acceptors (Lipinski definition) is 4. The van der Waals surface area contributed by atoms with Crippen LogP contribution in [0.25, 0.3) is 0 Å². The van der Waals surface area contributed by atoms with E-state index < -0.39 is 0 Å². The molecule has 18 heavy (non-hydrogen) atoms. The van der Waals surface area contributed by atoms with E-state index in [0.29, 0.717) is 18.7 Å². The fourth-order valence-corrected chi connectivity index (χ4v) is 2.14. The van der Waals surface area contributed by atoms with Gasteiger partial charge in [0.05, 0.1) is 11.0 Å². The maximum Gasteiger partial charge on any atom is 0.269 e. The minimum absolute atomic E-state index is 0.130. The van der Waals surface area contributed by atoms with Gasteiger partial charge in [-0.25, -0.2) is 0 Å². The summed E-state index contributed by atoms with van der Waals surface area (Å²) in [6.45, 7) is 3.68. The Hall–Kier alpha value is -1.46. The number of hydrogen-bond donors (Lipinski definition) is 1. The van der Waals surface area contributed by atoms with Crippen LogP contribution in [0.5, 0.6) is 0 Å². The van der Waals surface area contributed by atoms with E-state index in [1.807, 2.05) is 0 Å². The number of benzene rings is 1. The van der Waals surface area contributed by atoms with Crippen molar-refractivity contribution in [3.05, 3.63) is 39.9 Å². The SMILES string of the molecule is CC(NCc1ccc([N+](=O)[O-])cc1)C1CCCO1. The smallest absolute Gasteiger partial charge is 0.269 e. The van der Waals surface area contributed by atoms with Gasteiger partial charge in [-0.1, -0.05) is 12.1 Å². The van der Waals surface area contributed by atoms with Crippen molar-refractivity contribution in [3.8, 4) is 0 Å². The lowest BCUT2D eigenvalue weighted by Crippen LogP contribution is -2.36. The molecular formula is C13H18N2O3. The van der Waals surface area contributed by atoms with Gasteiger partial charge in [0.1, 0.15) is 0 Å². The van der Waals surface area contributed by atoms with Gasteiger partial charge >= 0.3 is 0 Å². The molecule has 0 bridgehead atoms. The zero-order valence-corrected chi connectivity index (χ0v) is 10.5. The third-order valence-corrected chi connectivity index (χ3v) is 3.30. The van der Waals surface area contributed by atoms with Crippen LogP contribution in [-0.4, -0.2) is 23.7 Å². The lowest BCUT2D eigenvalue weighted by atomic mass is 10.1. The lowest BCUT2D eigenvalue weighted by molar-refractivity contribution is -0.384. The van der Waals surface area contributed by atoms with Crippen molar-refractivity contribution < 1.29 is 9.66 Å². The Morgan fingerprint density at radius 2 is 2.22 bits per heavy atom. The highest BCUT2D eigenvalue weighted by Crippen LogP contribution is 2.16. The molecule has 1 aromatic carbocycles. The molecule has 0 spiro atoms. The number of nitro groups is 1. The fraction of sp³-hybridized carbons (Fsp3) is 0.538. The van der Waals surface area contributed by atoms with Crippen molar-refractivity contribution in [2.24, 2.45) is 0 Å².